The second-order valence-electron chi connectivity index (χ2n) is 3.86. The van der Waals surface area contributed by atoms with Gasteiger partial charge in [-0.25, -0.2) is 9.69 Å². The quantitative estimate of drug-likeness (QED) is 0.449. The number of nitrogens with one attached hydrogen (secondary N) is 1. The summed E-state index contributed by atoms with van der Waals surface area (Å²) in [6.45, 7) is 2.96. The van der Waals surface area contributed by atoms with E-state index in [4.69, 9.17) is 5.73 Å². The molecule has 0 atom stereocenters. The van der Waals surface area contributed by atoms with E-state index in [2.05, 4.69) is 0 Å². The van der Waals surface area contributed by atoms with Crippen LogP contribution in [0.25, 0.3) is 0 Å². The molecular weight excluding hydrogens is 202 g/mol. The summed E-state index contributed by atoms with van der Waals surface area (Å²) in [6, 6.07) is -0.823. The summed E-state index contributed by atoms with van der Waals surface area (Å²) in [5, 5.41) is 1.84. The van der Waals surface area contributed by atoms with Crippen molar-refractivity contribution in [1.82, 2.24) is 10.2 Å². The zero-order valence-corrected chi connectivity index (χ0v) is 8.36. The molecule has 0 aromatic carbocycles. The van der Waals surface area contributed by atoms with Gasteiger partial charge in [-0.2, -0.15) is 0 Å². The Morgan fingerprint density at radius 1 is 1.40 bits per heavy atom. The van der Waals surface area contributed by atoms with Crippen LogP contribution in [0.2, 0.25) is 0 Å². The highest BCUT2D eigenvalue weighted by Gasteiger charge is 2.46. The van der Waals surface area contributed by atoms with Crippen molar-refractivity contribution >= 4 is 23.8 Å². The van der Waals surface area contributed by atoms with Gasteiger partial charge in [-0.15, -0.1) is 0 Å². The number of nitrogens with zero attached hydrogens (tertiary/aromatic N) is 1. The molecule has 3 N–H and O–H groups in total. The number of urea groups is 1. The molecule has 1 saturated heterocycles. The van der Waals surface area contributed by atoms with Crippen LogP contribution in [-0.2, 0) is 14.4 Å². The minimum Gasteiger partial charge on any atom is -0.370 e. The van der Waals surface area contributed by atoms with E-state index in [0.717, 1.165) is 0 Å². The van der Waals surface area contributed by atoms with Crippen LogP contribution in [-0.4, -0.2) is 34.2 Å². The van der Waals surface area contributed by atoms with Crippen LogP contribution in [0.1, 0.15) is 20.3 Å². The summed E-state index contributed by atoms with van der Waals surface area (Å²) in [6.07, 6.45) is -0.195. The molecule has 0 unspecified atom stereocenters. The fraction of sp³-hybridized carbons (Fsp3) is 0.500. The van der Waals surface area contributed by atoms with E-state index in [-0.39, 0.29) is 6.42 Å². The topological polar surface area (TPSA) is 110 Å². The third-order valence-electron chi connectivity index (χ3n) is 2.03. The number of carbonyl (C=O) groups excluding carboxylic acids is 4. The second-order valence-corrected chi connectivity index (χ2v) is 3.86. The largest absolute Gasteiger partial charge is 0.370 e. The van der Waals surface area contributed by atoms with Crippen LogP contribution in [0.3, 0.4) is 0 Å². The third kappa shape index (κ3) is 1.95. The zero-order chi connectivity index (χ0) is 11.8. The molecule has 0 radical (unpaired) electrons. The molecule has 0 spiro atoms. The highest BCUT2D eigenvalue weighted by atomic mass is 16.2. The van der Waals surface area contributed by atoms with Gasteiger partial charge in [0.2, 0.25) is 5.91 Å². The lowest BCUT2D eigenvalue weighted by molar-refractivity contribution is -0.142. The number of amides is 5. The molecule has 5 amide bonds. The van der Waals surface area contributed by atoms with Gasteiger partial charge in [0, 0.05) is 6.42 Å². The van der Waals surface area contributed by atoms with Gasteiger partial charge >= 0.3 is 17.8 Å². The van der Waals surface area contributed by atoms with E-state index in [1.54, 1.807) is 0 Å². The molecule has 1 rings (SSSR count). The van der Waals surface area contributed by atoms with Crippen LogP contribution in [0, 0.1) is 0 Å². The van der Waals surface area contributed by atoms with E-state index in [0.29, 0.717) is 4.90 Å². The van der Waals surface area contributed by atoms with E-state index in [1.165, 1.54) is 13.8 Å². The molecule has 0 aromatic rings. The average Bonchev–Trinajstić information content (AvgIpc) is 2.23. The lowest BCUT2D eigenvalue weighted by Crippen LogP contribution is -2.50. The fourth-order valence-electron chi connectivity index (χ4n) is 1.46. The Balaban J connectivity index is 2.96. The Kier molecular flexibility index (Phi) is 2.48. The molecule has 0 aromatic heterocycles. The Morgan fingerprint density at radius 2 is 1.93 bits per heavy atom. The SMILES string of the molecule is CC(C)(CC(N)=O)N1C(=O)NC(=O)C1=O. The molecule has 1 aliphatic rings. The van der Waals surface area contributed by atoms with Crippen LogP contribution in [0.5, 0.6) is 0 Å². The smallest absolute Gasteiger partial charge is 0.332 e. The van der Waals surface area contributed by atoms with Crippen molar-refractivity contribution in [2.24, 2.45) is 5.73 Å². The maximum atomic E-state index is 11.3. The van der Waals surface area contributed by atoms with E-state index >= 15 is 0 Å². The Labute approximate surface area is 85.6 Å². The van der Waals surface area contributed by atoms with Crippen molar-refractivity contribution in [2.45, 2.75) is 25.8 Å². The summed E-state index contributed by atoms with van der Waals surface area (Å²) in [4.78, 5) is 44.9. The van der Waals surface area contributed by atoms with Gasteiger partial charge in [0.05, 0.1) is 5.54 Å². The normalized spacial score (nSPS) is 16.9. The van der Waals surface area contributed by atoms with Crippen LogP contribution < -0.4 is 11.1 Å². The van der Waals surface area contributed by atoms with E-state index in [1.807, 2.05) is 5.32 Å². The Morgan fingerprint density at radius 3 is 2.27 bits per heavy atom. The standard InChI is InChI=1S/C8H11N3O4/c1-8(2,3-4(9)12)11-6(14)5(13)10-7(11)15/h3H2,1-2H3,(H2,9,12)(H,10,13,15). The summed E-state index contributed by atoms with van der Waals surface area (Å²) < 4.78 is 0. The highest BCUT2D eigenvalue weighted by molar-refractivity contribution is 6.45. The minimum atomic E-state index is -1.10. The predicted octanol–water partition coefficient (Wildman–Crippen LogP) is -1.28. The number of hydrogen-bond acceptors (Lipinski definition) is 4. The molecule has 82 valence electrons. The average molecular weight is 213 g/mol. The molecule has 1 aliphatic heterocycles. The first-order valence-corrected chi connectivity index (χ1v) is 4.23. The minimum absolute atomic E-state index is 0.195. The van der Waals surface area contributed by atoms with Gasteiger partial charge in [0.15, 0.2) is 0 Å². The number of primary amides is 1. The second kappa shape index (κ2) is 3.34. The highest BCUT2D eigenvalue weighted by Crippen LogP contribution is 2.21. The lowest BCUT2D eigenvalue weighted by Gasteiger charge is -2.30. The predicted molar refractivity (Wildman–Crippen MR) is 48.3 cm³/mol. The molecule has 0 bridgehead atoms. The van der Waals surface area contributed by atoms with Gasteiger partial charge in [0.1, 0.15) is 0 Å². The van der Waals surface area contributed by atoms with Gasteiger partial charge in [-0.3, -0.25) is 19.7 Å². The zero-order valence-electron chi connectivity index (χ0n) is 8.36. The van der Waals surface area contributed by atoms with Gasteiger partial charge < -0.3 is 5.73 Å². The van der Waals surface area contributed by atoms with Crippen molar-refractivity contribution < 1.29 is 19.2 Å². The summed E-state index contributed by atoms with van der Waals surface area (Å²) in [7, 11) is 0. The third-order valence-corrected chi connectivity index (χ3v) is 2.03. The Hall–Kier alpha value is -1.92. The first-order valence-electron chi connectivity index (χ1n) is 4.23. The maximum Gasteiger partial charge on any atom is 0.332 e. The first-order chi connectivity index (χ1) is 6.75. The summed E-state index contributed by atoms with van der Waals surface area (Å²) >= 11 is 0. The number of hydrogen-bond donors (Lipinski definition) is 2. The lowest BCUT2D eigenvalue weighted by atomic mass is 9.98. The number of carbonyl (C=O) groups is 4. The van der Waals surface area contributed by atoms with Gasteiger partial charge in [-0.1, -0.05) is 0 Å². The van der Waals surface area contributed by atoms with E-state index in [9.17, 15) is 19.2 Å². The fourth-order valence-corrected chi connectivity index (χ4v) is 1.46. The van der Waals surface area contributed by atoms with Crippen molar-refractivity contribution in [2.75, 3.05) is 0 Å². The molecule has 7 nitrogen and oxygen atoms in total. The molecule has 7 heteroatoms. The van der Waals surface area contributed by atoms with Crippen molar-refractivity contribution in [3.8, 4) is 0 Å². The van der Waals surface area contributed by atoms with Crippen LogP contribution in [0.15, 0.2) is 0 Å². The van der Waals surface area contributed by atoms with E-state index < -0.39 is 29.3 Å². The molecule has 15 heavy (non-hydrogen) atoms. The molecule has 1 heterocycles. The van der Waals surface area contributed by atoms with Crippen LogP contribution in [0.4, 0.5) is 4.79 Å². The van der Waals surface area contributed by atoms with Gasteiger partial charge in [-0.05, 0) is 13.8 Å². The van der Waals surface area contributed by atoms with Crippen molar-refractivity contribution in [1.29, 1.82) is 0 Å². The van der Waals surface area contributed by atoms with Crippen molar-refractivity contribution in [3.63, 3.8) is 0 Å². The monoisotopic (exact) mass is 213 g/mol. The molecule has 0 saturated carbocycles. The number of imide groups is 2. The van der Waals surface area contributed by atoms with Gasteiger partial charge in [0.25, 0.3) is 0 Å². The van der Waals surface area contributed by atoms with Crippen molar-refractivity contribution in [3.05, 3.63) is 0 Å². The number of nitrogens with two attached hydrogens (primary N) is 1. The molecule has 0 aliphatic carbocycles. The summed E-state index contributed by atoms with van der Waals surface area (Å²) in [5.74, 6) is -2.61. The molecule has 1 fully saturated rings. The van der Waals surface area contributed by atoms with Crippen LogP contribution >= 0.6 is 0 Å². The Bertz CT molecular complexity index is 361. The maximum absolute atomic E-state index is 11.3. The summed E-state index contributed by atoms with van der Waals surface area (Å²) in [5.41, 5.74) is 3.88. The first kappa shape index (κ1) is 11.2. The molecular formula is C8H11N3O4. The number of rotatable bonds is 3.